The molecule has 0 heterocycles. The van der Waals surface area contributed by atoms with E-state index in [-0.39, 0.29) is 18.4 Å². The molecule has 0 atom stereocenters. The normalized spacial score (nSPS) is 10.2. The van der Waals surface area contributed by atoms with Crippen LogP contribution in [0.2, 0.25) is 0 Å². The summed E-state index contributed by atoms with van der Waals surface area (Å²) < 4.78 is 23.4. The predicted octanol–water partition coefficient (Wildman–Crippen LogP) is 2.58. The van der Waals surface area contributed by atoms with Gasteiger partial charge in [-0.2, -0.15) is 0 Å². The Balaban J connectivity index is 2.18. The van der Waals surface area contributed by atoms with Crippen molar-refractivity contribution in [1.29, 1.82) is 0 Å². The molecule has 18 heavy (non-hydrogen) atoms. The van der Waals surface area contributed by atoms with Gasteiger partial charge in [0.05, 0.1) is 17.7 Å². The quantitative estimate of drug-likeness (QED) is 0.620. The van der Waals surface area contributed by atoms with E-state index in [4.69, 9.17) is 9.47 Å². The summed E-state index contributed by atoms with van der Waals surface area (Å²) in [5.41, 5.74) is 0.662. The van der Waals surface area contributed by atoms with Gasteiger partial charge in [0.15, 0.2) is 0 Å². The molecule has 0 unspecified atom stereocenters. The minimum Gasteiger partial charge on any atom is -0.464 e. The molecule has 100 valence electrons. The third kappa shape index (κ3) is 5.46. The van der Waals surface area contributed by atoms with Crippen LogP contribution in [0.3, 0.4) is 0 Å². The highest BCUT2D eigenvalue weighted by Crippen LogP contribution is 2.18. The van der Waals surface area contributed by atoms with Crippen molar-refractivity contribution in [2.24, 2.45) is 0 Å². The summed E-state index contributed by atoms with van der Waals surface area (Å²) in [7, 11) is 0. The smallest absolute Gasteiger partial charge is 0.332 e. The molecule has 6 heteroatoms. The van der Waals surface area contributed by atoms with Gasteiger partial charge >= 0.3 is 5.97 Å². The molecule has 0 saturated carbocycles. The zero-order valence-corrected chi connectivity index (χ0v) is 11.6. The van der Waals surface area contributed by atoms with E-state index in [1.807, 2.05) is 0 Å². The summed E-state index contributed by atoms with van der Waals surface area (Å²) in [6.45, 7) is 2.85. The van der Waals surface area contributed by atoms with Gasteiger partial charge in [-0.15, -0.1) is 0 Å². The second-order valence-corrected chi connectivity index (χ2v) is 4.27. The molecule has 0 aliphatic rings. The molecule has 0 aromatic heterocycles. The highest BCUT2D eigenvalue weighted by Gasteiger charge is 2.02. The van der Waals surface area contributed by atoms with E-state index >= 15 is 0 Å². The number of rotatable bonds is 7. The topological polar surface area (TPSA) is 47.6 Å². The van der Waals surface area contributed by atoms with Crippen LogP contribution in [0.15, 0.2) is 22.7 Å². The molecule has 0 fully saturated rings. The second-order valence-electron chi connectivity index (χ2n) is 3.41. The lowest BCUT2D eigenvalue weighted by atomic mass is 10.3. The molecular formula is C12H15BrFNO3. The fourth-order valence-corrected chi connectivity index (χ4v) is 1.48. The maximum Gasteiger partial charge on any atom is 0.332 e. The number of anilines is 1. The predicted molar refractivity (Wildman–Crippen MR) is 70.0 cm³/mol. The first-order valence-electron chi connectivity index (χ1n) is 5.55. The molecule has 0 amide bonds. The Morgan fingerprint density at radius 1 is 1.50 bits per heavy atom. The van der Waals surface area contributed by atoms with Crippen LogP contribution < -0.4 is 5.32 Å². The summed E-state index contributed by atoms with van der Waals surface area (Å²) >= 11 is 3.07. The van der Waals surface area contributed by atoms with E-state index in [9.17, 15) is 9.18 Å². The lowest BCUT2D eigenvalue weighted by Crippen LogP contribution is -2.16. The third-order valence-electron chi connectivity index (χ3n) is 2.02. The number of nitrogens with one attached hydrogen (secondary N) is 1. The average molecular weight is 320 g/mol. The molecule has 1 aromatic carbocycles. The number of carbonyl (C=O) groups is 1. The van der Waals surface area contributed by atoms with Gasteiger partial charge in [0, 0.05) is 12.2 Å². The summed E-state index contributed by atoms with van der Waals surface area (Å²) in [6.07, 6.45) is 0. The van der Waals surface area contributed by atoms with Gasteiger partial charge in [-0.25, -0.2) is 9.18 Å². The molecule has 4 nitrogen and oxygen atoms in total. The van der Waals surface area contributed by atoms with Crippen molar-refractivity contribution in [2.75, 3.05) is 31.7 Å². The highest BCUT2D eigenvalue weighted by atomic mass is 79.9. The minimum absolute atomic E-state index is 0.0653. The van der Waals surface area contributed by atoms with Gasteiger partial charge in [-0.1, -0.05) is 0 Å². The number of carbonyl (C=O) groups excluding carboxylic acids is 1. The standard InChI is InChI=1S/C12H15BrFNO3/c1-2-18-12(16)8-17-6-5-15-9-3-4-10(13)11(14)7-9/h3-4,7,15H,2,5-6,8H2,1H3. The van der Waals surface area contributed by atoms with Gasteiger partial charge in [-0.3, -0.25) is 0 Å². The van der Waals surface area contributed by atoms with Crippen LogP contribution in [0.1, 0.15) is 6.92 Å². The van der Waals surface area contributed by atoms with E-state index < -0.39 is 0 Å². The number of esters is 1. The van der Waals surface area contributed by atoms with E-state index in [0.29, 0.717) is 29.9 Å². The molecular weight excluding hydrogens is 305 g/mol. The van der Waals surface area contributed by atoms with Gasteiger partial charge < -0.3 is 14.8 Å². The molecule has 0 radical (unpaired) electrons. The largest absolute Gasteiger partial charge is 0.464 e. The van der Waals surface area contributed by atoms with Crippen molar-refractivity contribution in [2.45, 2.75) is 6.92 Å². The molecule has 1 rings (SSSR count). The Morgan fingerprint density at radius 2 is 2.28 bits per heavy atom. The molecule has 0 saturated heterocycles. The SMILES string of the molecule is CCOC(=O)COCCNc1ccc(Br)c(F)c1. The van der Waals surface area contributed by atoms with Crippen molar-refractivity contribution in [3.05, 3.63) is 28.5 Å². The Morgan fingerprint density at radius 3 is 2.94 bits per heavy atom. The van der Waals surface area contributed by atoms with E-state index in [1.165, 1.54) is 6.07 Å². The van der Waals surface area contributed by atoms with Crippen LogP contribution >= 0.6 is 15.9 Å². The van der Waals surface area contributed by atoms with Crippen molar-refractivity contribution in [3.8, 4) is 0 Å². The zero-order valence-electron chi connectivity index (χ0n) is 10.0. The van der Waals surface area contributed by atoms with E-state index in [0.717, 1.165) is 0 Å². The van der Waals surface area contributed by atoms with Crippen LogP contribution in [-0.4, -0.2) is 32.3 Å². The van der Waals surface area contributed by atoms with Crippen molar-refractivity contribution < 1.29 is 18.7 Å². The fraction of sp³-hybridized carbons (Fsp3) is 0.417. The number of benzene rings is 1. The lowest BCUT2D eigenvalue weighted by molar-refractivity contribution is -0.148. The number of hydrogen-bond donors (Lipinski definition) is 1. The second kappa shape index (κ2) is 8.05. The first-order chi connectivity index (χ1) is 8.63. The summed E-state index contributed by atoms with van der Waals surface area (Å²) in [5, 5.41) is 2.98. The Kier molecular flexibility index (Phi) is 6.67. The van der Waals surface area contributed by atoms with E-state index in [2.05, 4.69) is 21.2 Å². The number of ether oxygens (including phenoxy) is 2. The van der Waals surface area contributed by atoms with Gasteiger partial charge in [0.25, 0.3) is 0 Å². The zero-order chi connectivity index (χ0) is 13.4. The lowest BCUT2D eigenvalue weighted by Gasteiger charge is -2.07. The average Bonchev–Trinajstić information content (AvgIpc) is 2.33. The molecule has 1 N–H and O–H groups in total. The summed E-state index contributed by atoms with van der Waals surface area (Å²) in [6, 6.07) is 4.76. The first kappa shape index (κ1) is 14.9. The number of hydrogen-bond acceptors (Lipinski definition) is 4. The van der Waals surface area contributed by atoms with Crippen LogP contribution in [0.4, 0.5) is 10.1 Å². The monoisotopic (exact) mass is 319 g/mol. The van der Waals surface area contributed by atoms with Gasteiger partial charge in [-0.05, 0) is 41.1 Å². The van der Waals surface area contributed by atoms with Crippen molar-refractivity contribution >= 4 is 27.6 Å². The Hall–Kier alpha value is -1.14. The summed E-state index contributed by atoms with van der Waals surface area (Å²) in [5.74, 6) is -0.709. The van der Waals surface area contributed by atoms with Crippen LogP contribution in [-0.2, 0) is 14.3 Å². The molecule has 0 aliphatic heterocycles. The summed E-state index contributed by atoms with van der Waals surface area (Å²) in [4.78, 5) is 10.9. The maximum atomic E-state index is 13.2. The molecule has 0 bridgehead atoms. The Bertz CT molecular complexity index is 401. The maximum absolute atomic E-state index is 13.2. The van der Waals surface area contributed by atoms with E-state index in [1.54, 1.807) is 19.1 Å². The fourth-order valence-electron chi connectivity index (χ4n) is 1.23. The first-order valence-corrected chi connectivity index (χ1v) is 6.35. The van der Waals surface area contributed by atoms with Gasteiger partial charge in [0.2, 0.25) is 0 Å². The highest BCUT2D eigenvalue weighted by molar-refractivity contribution is 9.10. The minimum atomic E-state index is -0.382. The van der Waals surface area contributed by atoms with Gasteiger partial charge in [0.1, 0.15) is 12.4 Å². The molecule has 0 spiro atoms. The van der Waals surface area contributed by atoms with Crippen molar-refractivity contribution in [1.82, 2.24) is 0 Å². The van der Waals surface area contributed by atoms with Crippen LogP contribution in [0.5, 0.6) is 0 Å². The number of halogens is 2. The molecule has 0 aliphatic carbocycles. The molecule has 1 aromatic rings. The van der Waals surface area contributed by atoms with Crippen LogP contribution in [0, 0.1) is 5.82 Å². The van der Waals surface area contributed by atoms with Crippen molar-refractivity contribution in [3.63, 3.8) is 0 Å². The third-order valence-corrected chi connectivity index (χ3v) is 2.66. The van der Waals surface area contributed by atoms with Crippen LogP contribution in [0.25, 0.3) is 0 Å². The Labute approximate surface area is 114 Å².